The fourth-order valence-electron chi connectivity index (χ4n) is 4.71. The number of benzene rings is 1. The number of hydrogen-bond acceptors (Lipinski definition) is 5. The maximum atomic E-state index is 14.6. The van der Waals surface area contributed by atoms with Crippen molar-refractivity contribution in [2.24, 2.45) is 7.05 Å². The van der Waals surface area contributed by atoms with E-state index in [9.17, 15) is 18.8 Å². The van der Waals surface area contributed by atoms with E-state index in [1.54, 1.807) is 66.4 Å². The topological polar surface area (TPSA) is 78.8 Å². The Kier molecular flexibility index (Phi) is 8.36. The molecular weight excluding hydrogens is 485 g/mol. The minimum Gasteiger partial charge on any atom is -0.333 e. The highest BCUT2D eigenvalue weighted by Gasteiger charge is 2.27. The van der Waals surface area contributed by atoms with Crippen LogP contribution in [0.3, 0.4) is 0 Å². The molecule has 200 valence electrons. The van der Waals surface area contributed by atoms with Crippen LogP contribution in [-0.4, -0.2) is 63.4 Å². The summed E-state index contributed by atoms with van der Waals surface area (Å²) in [6.45, 7) is 8.11. The summed E-state index contributed by atoms with van der Waals surface area (Å²) in [4.78, 5) is 49.9. The fraction of sp³-hybridized carbons (Fsp3) is 0.379. The van der Waals surface area contributed by atoms with Crippen molar-refractivity contribution in [1.29, 1.82) is 0 Å². The third-order valence-electron chi connectivity index (χ3n) is 7.12. The second kappa shape index (κ2) is 11.7. The van der Waals surface area contributed by atoms with Gasteiger partial charge in [0, 0.05) is 57.7 Å². The summed E-state index contributed by atoms with van der Waals surface area (Å²) >= 11 is 0. The number of amides is 2. The number of aromatic nitrogens is 2. The molecular formula is C29H34FN5O3. The number of aryl methyl sites for hydroxylation is 1. The molecule has 0 unspecified atom stereocenters. The molecule has 0 radical (unpaired) electrons. The van der Waals surface area contributed by atoms with E-state index in [2.05, 4.69) is 23.7 Å². The van der Waals surface area contributed by atoms with Crippen molar-refractivity contribution in [3.05, 3.63) is 93.4 Å². The maximum absolute atomic E-state index is 14.6. The van der Waals surface area contributed by atoms with Crippen LogP contribution in [0, 0.1) is 12.7 Å². The number of carbonyl (C=O) groups excluding carboxylic acids is 2. The van der Waals surface area contributed by atoms with Crippen LogP contribution in [0.1, 0.15) is 52.4 Å². The summed E-state index contributed by atoms with van der Waals surface area (Å²) in [7, 11) is 1.64. The van der Waals surface area contributed by atoms with Gasteiger partial charge in [0.05, 0.1) is 5.69 Å². The first-order valence-corrected chi connectivity index (χ1v) is 12.9. The summed E-state index contributed by atoms with van der Waals surface area (Å²) in [5.74, 6) is -1.21. The van der Waals surface area contributed by atoms with Gasteiger partial charge in [-0.15, -0.1) is 0 Å². The largest absolute Gasteiger partial charge is 0.333 e. The van der Waals surface area contributed by atoms with E-state index in [4.69, 9.17) is 0 Å². The summed E-state index contributed by atoms with van der Waals surface area (Å²) < 4.78 is 16.0. The minimum atomic E-state index is -0.480. The molecule has 1 aliphatic heterocycles. The second-order valence-corrected chi connectivity index (χ2v) is 9.91. The number of carbonyl (C=O) groups is 2. The lowest BCUT2D eigenvalue weighted by Crippen LogP contribution is -2.43. The smallest absolute Gasteiger partial charge is 0.276 e. The lowest BCUT2D eigenvalue weighted by molar-refractivity contribution is 0.0709. The van der Waals surface area contributed by atoms with E-state index in [-0.39, 0.29) is 35.3 Å². The number of fused-ring (bicyclic) bond motifs is 1. The molecule has 2 aromatic heterocycles. The normalized spacial score (nSPS) is 15.2. The molecule has 4 rings (SSSR count). The highest BCUT2D eigenvalue weighted by atomic mass is 19.1. The minimum absolute atomic E-state index is 0.0779. The molecule has 0 bridgehead atoms. The Bertz CT molecular complexity index is 1370. The Morgan fingerprint density at radius 1 is 0.974 bits per heavy atom. The van der Waals surface area contributed by atoms with Gasteiger partial charge in [-0.1, -0.05) is 12.1 Å². The van der Waals surface area contributed by atoms with E-state index in [0.717, 1.165) is 5.69 Å². The van der Waals surface area contributed by atoms with Crippen LogP contribution < -0.4 is 10.5 Å². The van der Waals surface area contributed by atoms with E-state index < -0.39 is 11.7 Å². The van der Waals surface area contributed by atoms with Gasteiger partial charge in [-0.2, -0.15) is 0 Å². The van der Waals surface area contributed by atoms with Crippen molar-refractivity contribution >= 4 is 17.5 Å². The molecule has 0 aliphatic carbocycles. The first kappa shape index (κ1) is 27.2. The number of pyridine rings is 2. The molecule has 0 saturated carbocycles. The van der Waals surface area contributed by atoms with Crippen molar-refractivity contribution in [3.8, 4) is 0 Å². The van der Waals surface area contributed by atoms with Crippen molar-refractivity contribution in [1.82, 2.24) is 19.4 Å². The van der Waals surface area contributed by atoms with Crippen molar-refractivity contribution in [3.63, 3.8) is 0 Å². The average Bonchev–Trinajstić information content (AvgIpc) is 2.94. The lowest BCUT2D eigenvalue weighted by atomic mass is 10.1. The molecule has 38 heavy (non-hydrogen) atoms. The molecule has 8 nitrogen and oxygen atoms in total. The van der Waals surface area contributed by atoms with Gasteiger partial charge in [0.15, 0.2) is 0 Å². The van der Waals surface area contributed by atoms with Gasteiger partial charge in [0.25, 0.3) is 17.4 Å². The summed E-state index contributed by atoms with van der Waals surface area (Å²) in [6, 6.07) is 12.9. The van der Waals surface area contributed by atoms with Gasteiger partial charge in [-0.3, -0.25) is 24.3 Å². The third kappa shape index (κ3) is 5.83. The molecule has 0 saturated heterocycles. The van der Waals surface area contributed by atoms with Crippen LogP contribution in [0.15, 0.2) is 59.5 Å². The fourth-order valence-corrected chi connectivity index (χ4v) is 4.71. The molecule has 0 atom stereocenters. The molecule has 0 N–H and O–H groups in total. The van der Waals surface area contributed by atoms with E-state index in [1.165, 1.54) is 16.7 Å². The van der Waals surface area contributed by atoms with Crippen LogP contribution in [0.25, 0.3) is 0 Å². The third-order valence-corrected chi connectivity index (χ3v) is 7.12. The van der Waals surface area contributed by atoms with Gasteiger partial charge in [0.2, 0.25) is 0 Å². The molecule has 0 fully saturated rings. The van der Waals surface area contributed by atoms with Gasteiger partial charge < -0.3 is 14.4 Å². The van der Waals surface area contributed by atoms with Gasteiger partial charge in [-0.25, -0.2) is 4.39 Å². The maximum Gasteiger partial charge on any atom is 0.276 e. The standard InChI is InChI=1S/C29H34FN5O3/c1-20(2)33-14-7-15-35(29(38)25-8-5-6-13-31-25)26-18-23(30)11-10-22(26)19-34(17-16-33)28(37)24-12-9-21(3)32(4)27(24)36/h5-6,8-13,18,20H,7,14-17,19H2,1-4H3. The Morgan fingerprint density at radius 3 is 2.47 bits per heavy atom. The molecule has 1 aromatic carbocycles. The monoisotopic (exact) mass is 519 g/mol. The van der Waals surface area contributed by atoms with E-state index >= 15 is 0 Å². The van der Waals surface area contributed by atoms with Crippen LogP contribution in [0.4, 0.5) is 10.1 Å². The van der Waals surface area contributed by atoms with Crippen molar-refractivity contribution < 1.29 is 14.0 Å². The zero-order valence-corrected chi connectivity index (χ0v) is 22.4. The summed E-state index contributed by atoms with van der Waals surface area (Å²) in [5.41, 5.74) is 1.73. The van der Waals surface area contributed by atoms with Crippen LogP contribution in [0.5, 0.6) is 0 Å². The summed E-state index contributed by atoms with van der Waals surface area (Å²) in [6.07, 6.45) is 2.20. The van der Waals surface area contributed by atoms with E-state index in [0.29, 0.717) is 43.9 Å². The number of anilines is 1. The van der Waals surface area contributed by atoms with Crippen LogP contribution in [-0.2, 0) is 13.6 Å². The van der Waals surface area contributed by atoms with Gasteiger partial charge in [-0.05, 0) is 69.2 Å². The predicted molar refractivity (Wildman–Crippen MR) is 145 cm³/mol. The number of halogens is 1. The molecule has 1 aliphatic rings. The zero-order chi connectivity index (χ0) is 27.4. The summed E-state index contributed by atoms with van der Waals surface area (Å²) in [5, 5.41) is 0. The van der Waals surface area contributed by atoms with E-state index in [1.807, 2.05) is 0 Å². The first-order chi connectivity index (χ1) is 18.2. The zero-order valence-electron chi connectivity index (χ0n) is 22.4. The molecule has 9 heteroatoms. The van der Waals surface area contributed by atoms with Gasteiger partial charge >= 0.3 is 0 Å². The van der Waals surface area contributed by atoms with Gasteiger partial charge in [0.1, 0.15) is 17.1 Å². The molecule has 3 aromatic rings. The Morgan fingerprint density at radius 2 is 1.76 bits per heavy atom. The van der Waals surface area contributed by atoms with Crippen LogP contribution in [0.2, 0.25) is 0 Å². The number of hydrogen-bond donors (Lipinski definition) is 0. The van der Waals surface area contributed by atoms with Crippen LogP contribution >= 0.6 is 0 Å². The lowest BCUT2D eigenvalue weighted by Gasteiger charge is -2.30. The average molecular weight is 520 g/mol. The quantitative estimate of drug-likeness (QED) is 0.528. The van der Waals surface area contributed by atoms with Crippen molar-refractivity contribution in [2.75, 3.05) is 31.1 Å². The van der Waals surface area contributed by atoms with Crippen molar-refractivity contribution in [2.45, 2.75) is 39.8 Å². The molecule has 0 spiro atoms. The highest BCUT2D eigenvalue weighted by molar-refractivity contribution is 6.05. The predicted octanol–water partition coefficient (Wildman–Crippen LogP) is 3.63. The highest BCUT2D eigenvalue weighted by Crippen LogP contribution is 2.27. The molecule has 2 amide bonds. The number of rotatable bonds is 3. The number of nitrogens with zero attached hydrogens (tertiary/aromatic N) is 5. The Hall–Kier alpha value is -3.85. The second-order valence-electron chi connectivity index (χ2n) is 9.91. The first-order valence-electron chi connectivity index (χ1n) is 12.9. The molecule has 3 heterocycles. The Balaban J connectivity index is 1.80. The SMILES string of the molecule is Cc1ccc(C(=O)N2CCN(C(C)C)CCCN(C(=O)c3ccccn3)c3cc(F)ccc3C2)c(=O)n1C. The Labute approximate surface area is 222 Å².